The van der Waals surface area contributed by atoms with Crippen molar-refractivity contribution in [2.24, 2.45) is 0 Å². The van der Waals surface area contributed by atoms with E-state index in [1.165, 1.54) is 5.56 Å². The van der Waals surface area contributed by atoms with Gasteiger partial charge in [0, 0.05) is 6.54 Å². The highest BCUT2D eigenvalue weighted by atomic mass is 16.5. The van der Waals surface area contributed by atoms with Gasteiger partial charge in [-0.05, 0) is 44.0 Å². The number of likely N-dealkylation sites (N-methyl/N-ethyl adjacent to an activating group) is 1. The van der Waals surface area contributed by atoms with Crippen molar-refractivity contribution in [1.29, 1.82) is 0 Å². The molecule has 0 saturated carbocycles. The van der Waals surface area contributed by atoms with E-state index in [1.807, 2.05) is 20.0 Å². The number of benzene rings is 1. The summed E-state index contributed by atoms with van der Waals surface area (Å²) < 4.78 is 10.9. The van der Waals surface area contributed by atoms with E-state index in [9.17, 15) is 0 Å². The van der Waals surface area contributed by atoms with Gasteiger partial charge in [-0.15, -0.1) is 0 Å². The molecule has 0 radical (unpaired) electrons. The Morgan fingerprint density at radius 2 is 2.00 bits per heavy atom. The molecule has 0 aliphatic carbocycles. The van der Waals surface area contributed by atoms with Crippen molar-refractivity contribution in [3.05, 3.63) is 23.8 Å². The Bertz CT molecular complexity index is 339. The fourth-order valence-corrected chi connectivity index (χ4v) is 1.96. The summed E-state index contributed by atoms with van der Waals surface area (Å²) in [5.41, 5.74) is 1.30. The maximum atomic E-state index is 5.60. The van der Waals surface area contributed by atoms with Gasteiger partial charge in [0.2, 0.25) is 0 Å². The smallest absolute Gasteiger partial charge is 0.161 e. The largest absolute Gasteiger partial charge is 0.493 e. The van der Waals surface area contributed by atoms with Gasteiger partial charge in [0.05, 0.1) is 13.7 Å². The van der Waals surface area contributed by atoms with Crippen molar-refractivity contribution in [2.45, 2.75) is 26.2 Å². The predicted molar refractivity (Wildman–Crippen MR) is 71.1 cm³/mol. The molecule has 0 spiro atoms. The van der Waals surface area contributed by atoms with Gasteiger partial charge in [-0.25, -0.2) is 0 Å². The first-order chi connectivity index (χ1) is 8.26. The molecule has 1 atom stereocenters. The van der Waals surface area contributed by atoms with Crippen molar-refractivity contribution in [3.63, 3.8) is 0 Å². The second kappa shape index (κ2) is 7.17. The van der Waals surface area contributed by atoms with Gasteiger partial charge in [0.15, 0.2) is 11.5 Å². The zero-order chi connectivity index (χ0) is 12.7. The van der Waals surface area contributed by atoms with Crippen LogP contribution in [0.5, 0.6) is 11.5 Å². The van der Waals surface area contributed by atoms with Crippen LogP contribution in [0.3, 0.4) is 0 Å². The average Bonchev–Trinajstić information content (AvgIpc) is 2.36. The van der Waals surface area contributed by atoms with Gasteiger partial charge in [-0.2, -0.15) is 0 Å². The minimum absolute atomic E-state index is 0.519. The lowest BCUT2D eigenvalue weighted by atomic mass is 9.96. The van der Waals surface area contributed by atoms with E-state index >= 15 is 0 Å². The van der Waals surface area contributed by atoms with Crippen LogP contribution in [0.4, 0.5) is 0 Å². The van der Waals surface area contributed by atoms with Crippen molar-refractivity contribution < 1.29 is 9.47 Å². The molecular formula is C14H23NO2. The second-order valence-corrected chi connectivity index (χ2v) is 4.01. The van der Waals surface area contributed by atoms with E-state index in [0.717, 1.165) is 24.5 Å². The van der Waals surface area contributed by atoms with Crippen LogP contribution in [0, 0.1) is 0 Å². The molecule has 0 amide bonds. The molecule has 1 N–H and O–H groups in total. The summed E-state index contributed by atoms with van der Waals surface area (Å²) >= 11 is 0. The van der Waals surface area contributed by atoms with Crippen LogP contribution in [-0.4, -0.2) is 27.3 Å². The first kappa shape index (κ1) is 13.8. The standard InChI is InChI=1S/C14H23NO2/c1-5-11(10-15-3)12-7-8-13(16-4)14(9-12)17-6-2/h7-9,11,15H,5-6,10H2,1-4H3. The van der Waals surface area contributed by atoms with Crippen LogP contribution < -0.4 is 14.8 Å². The van der Waals surface area contributed by atoms with Gasteiger partial charge >= 0.3 is 0 Å². The number of rotatable bonds is 7. The van der Waals surface area contributed by atoms with Gasteiger partial charge in [0.25, 0.3) is 0 Å². The van der Waals surface area contributed by atoms with Gasteiger partial charge in [0.1, 0.15) is 0 Å². The van der Waals surface area contributed by atoms with Gasteiger partial charge < -0.3 is 14.8 Å². The average molecular weight is 237 g/mol. The molecule has 3 heteroatoms. The molecular weight excluding hydrogens is 214 g/mol. The maximum absolute atomic E-state index is 5.60. The van der Waals surface area contributed by atoms with Crippen LogP contribution in [0.25, 0.3) is 0 Å². The normalized spacial score (nSPS) is 12.2. The molecule has 0 saturated heterocycles. The van der Waals surface area contributed by atoms with E-state index in [0.29, 0.717) is 12.5 Å². The Hall–Kier alpha value is -1.22. The van der Waals surface area contributed by atoms with Crippen LogP contribution in [0.1, 0.15) is 31.7 Å². The molecule has 0 fully saturated rings. The highest BCUT2D eigenvalue weighted by molar-refractivity contribution is 5.44. The van der Waals surface area contributed by atoms with Crippen molar-refractivity contribution >= 4 is 0 Å². The van der Waals surface area contributed by atoms with Crippen molar-refractivity contribution in [1.82, 2.24) is 5.32 Å². The number of ether oxygens (including phenoxy) is 2. The Morgan fingerprint density at radius 3 is 2.53 bits per heavy atom. The lowest BCUT2D eigenvalue weighted by Gasteiger charge is -2.17. The number of hydrogen-bond acceptors (Lipinski definition) is 3. The highest BCUT2D eigenvalue weighted by Crippen LogP contribution is 2.31. The second-order valence-electron chi connectivity index (χ2n) is 4.01. The third-order valence-electron chi connectivity index (χ3n) is 2.90. The van der Waals surface area contributed by atoms with Crippen molar-refractivity contribution in [3.8, 4) is 11.5 Å². The molecule has 1 unspecified atom stereocenters. The molecule has 0 aliphatic rings. The summed E-state index contributed by atoms with van der Waals surface area (Å²) in [5.74, 6) is 2.15. The number of nitrogens with one attached hydrogen (secondary N) is 1. The number of methoxy groups -OCH3 is 1. The Morgan fingerprint density at radius 1 is 1.24 bits per heavy atom. The van der Waals surface area contributed by atoms with Gasteiger partial charge in [-0.3, -0.25) is 0 Å². The van der Waals surface area contributed by atoms with E-state index in [2.05, 4.69) is 24.4 Å². The Balaban J connectivity index is 2.96. The molecule has 0 heterocycles. The highest BCUT2D eigenvalue weighted by Gasteiger charge is 2.12. The fourth-order valence-electron chi connectivity index (χ4n) is 1.96. The van der Waals surface area contributed by atoms with Gasteiger partial charge in [-0.1, -0.05) is 13.0 Å². The lowest BCUT2D eigenvalue weighted by Crippen LogP contribution is -2.16. The lowest BCUT2D eigenvalue weighted by molar-refractivity contribution is 0.310. The van der Waals surface area contributed by atoms with E-state index in [1.54, 1.807) is 7.11 Å². The van der Waals surface area contributed by atoms with E-state index in [4.69, 9.17) is 9.47 Å². The quantitative estimate of drug-likeness (QED) is 0.791. The van der Waals surface area contributed by atoms with Crippen LogP contribution in [0.2, 0.25) is 0 Å². The summed E-state index contributed by atoms with van der Waals surface area (Å²) in [5, 5.41) is 3.23. The summed E-state index contributed by atoms with van der Waals surface area (Å²) in [6.07, 6.45) is 1.11. The Kier molecular flexibility index (Phi) is 5.84. The van der Waals surface area contributed by atoms with Crippen LogP contribution in [0.15, 0.2) is 18.2 Å². The van der Waals surface area contributed by atoms with Crippen LogP contribution in [-0.2, 0) is 0 Å². The molecule has 1 aromatic rings. The molecule has 0 bridgehead atoms. The zero-order valence-corrected chi connectivity index (χ0v) is 11.2. The zero-order valence-electron chi connectivity index (χ0n) is 11.2. The molecule has 0 aliphatic heterocycles. The molecule has 3 nitrogen and oxygen atoms in total. The fraction of sp³-hybridized carbons (Fsp3) is 0.571. The third-order valence-corrected chi connectivity index (χ3v) is 2.90. The summed E-state index contributed by atoms with van der Waals surface area (Å²) in [4.78, 5) is 0. The first-order valence-corrected chi connectivity index (χ1v) is 6.22. The first-order valence-electron chi connectivity index (χ1n) is 6.22. The monoisotopic (exact) mass is 237 g/mol. The predicted octanol–water partition coefficient (Wildman–Crippen LogP) is 2.81. The summed E-state index contributed by atoms with van der Waals surface area (Å²) in [7, 11) is 3.65. The Labute approximate surface area is 104 Å². The molecule has 17 heavy (non-hydrogen) atoms. The van der Waals surface area contributed by atoms with E-state index in [-0.39, 0.29) is 0 Å². The minimum atomic E-state index is 0.519. The van der Waals surface area contributed by atoms with Crippen molar-refractivity contribution in [2.75, 3.05) is 27.3 Å². The SMILES string of the molecule is CCOc1cc(C(CC)CNC)ccc1OC. The molecule has 0 aromatic heterocycles. The molecule has 1 rings (SSSR count). The molecule has 96 valence electrons. The maximum Gasteiger partial charge on any atom is 0.161 e. The minimum Gasteiger partial charge on any atom is -0.493 e. The summed E-state index contributed by atoms with van der Waals surface area (Å²) in [6.45, 7) is 5.82. The number of hydrogen-bond donors (Lipinski definition) is 1. The van der Waals surface area contributed by atoms with Crippen LogP contribution >= 0.6 is 0 Å². The summed E-state index contributed by atoms with van der Waals surface area (Å²) in [6, 6.07) is 6.19. The van der Waals surface area contributed by atoms with E-state index < -0.39 is 0 Å². The molecule has 1 aromatic carbocycles. The third kappa shape index (κ3) is 3.63. The topological polar surface area (TPSA) is 30.5 Å².